The zero-order valence-corrected chi connectivity index (χ0v) is 17.6. The number of nitrogens with one attached hydrogen (secondary N) is 3. The van der Waals surface area contributed by atoms with E-state index in [0.29, 0.717) is 22.7 Å². The molecule has 7 heteroatoms. The van der Waals surface area contributed by atoms with Gasteiger partial charge in [0.05, 0.1) is 22.3 Å². The van der Waals surface area contributed by atoms with E-state index in [9.17, 15) is 4.79 Å². The molecule has 0 bridgehead atoms. The lowest BCUT2D eigenvalue weighted by Crippen LogP contribution is -2.20. The number of imidazole rings is 1. The molecule has 0 spiro atoms. The Morgan fingerprint density at radius 3 is 2.53 bits per heavy atom. The van der Waals surface area contributed by atoms with Gasteiger partial charge in [0.2, 0.25) is 0 Å². The van der Waals surface area contributed by atoms with E-state index in [1.165, 1.54) is 0 Å². The van der Waals surface area contributed by atoms with Crippen molar-refractivity contribution in [2.24, 2.45) is 5.10 Å². The van der Waals surface area contributed by atoms with Crippen molar-refractivity contribution in [1.82, 2.24) is 20.4 Å². The van der Waals surface area contributed by atoms with E-state index in [1.54, 1.807) is 6.07 Å². The summed E-state index contributed by atoms with van der Waals surface area (Å²) in [4.78, 5) is 24.3. The Kier molecular flexibility index (Phi) is 4.33. The largest absolute Gasteiger partial charge is 0.340 e. The van der Waals surface area contributed by atoms with Crippen LogP contribution in [0.15, 0.2) is 82.7 Å². The van der Waals surface area contributed by atoms with E-state index in [1.807, 2.05) is 66.7 Å². The van der Waals surface area contributed by atoms with Gasteiger partial charge >= 0.3 is 0 Å². The quantitative estimate of drug-likeness (QED) is 0.362. The van der Waals surface area contributed by atoms with Gasteiger partial charge in [-0.25, -0.2) is 4.98 Å². The SMILES string of the molecule is O=c1[nH]c2ccc(Cl)cc2c(-c2ccccc2)c1C1=NN[C@@H](c2nc3ccccc3[nH]2)C1. The van der Waals surface area contributed by atoms with E-state index in [2.05, 4.69) is 20.5 Å². The van der Waals surface area contributed by atoms with E-state index < -0.39 is 0 Å². The van der Waals surface area contributed by atoms with Gasteiger partial charge in [0.15, 0.2) is 0 Å². The summed E-state index contributed by atoms with van der Waals surface area (Å²) in [5.41, 5.74) is 8.62. The monoisotopic (exact) mass is 439 g/mol. The Bertz CT molecular complexity index is 1540. The summed E-state index contributed by atoms with van der Waals surface area (Å²) >= 11 is 6.32. The lowest BCUT2D eigenvalue weighted by Gasteiger charge is -2.13. The molecule has 1 atom stereocenters. The van der Waals surface area contributed by atoms with Crippen molar-refractivity contribution >= 4 is 39.2 Å². The molecule has 0 fully saturated rings. The van der Waals surface area contributed by atoms with Crippen molar-refractivity contribution in [2.75, 3.05) is 0 Å². The second kappa shape index (κ2) is 7.35. The Morgan fingerprint density at radius 1 is 0.875 bits per heavy atom. The number of hydrogen-bond acceptors (Lipinski definition) is 4. The molecular formula is C25H18ClN5O. The topological polar surface area (TPSA) is 85.9 Å². The van der Waals surface area contributed by atoms with Crippen LogP contribution in [0.1, 0.15) is 23.9 Å². The molecule has 32 heavy (non-hydrogen) atoms. The summed E-state index contributed by atoms with van der Waals surface area (Å²) in [6.07, 6.45) is 0.537. The van der Waals surface area contributed by atoms with E-state index in [0.717, 1.165) is 38.9 Å². The van der Waals surface area contributed by atoms with Crippen LogP contribution in [0, 0.1) is 0 Å². The third kappa shape index (κ3) is 3.08. The average molecular weight is 440 g/mol. The van der Waals surface area contributed by atoms with Crippen molar-refractivity contribution in [3.63, 3.8) is 0 Å². The van der Waals surface area contributed by atoms with Gasteiger partial charge in [-0.3, -0.25) is 10.2 Å². The van der Waals surface area contributed by atoms with Crippen LogP contribution in [0.3, 0.4) is 0 Å². The minimum atomic E-state index is -0.176. The van der Waals surface area contributed by atoms with Crippen LogP contribution in [0.4, 0.5) is 0 Å². The molecule has 0 saturated heterocycles. The van der Waals surface area contributed by atoms with Crippen molar-refractivity contribution in [3.8, 4) is 11.1 Å². The molecule has 3 N–H and O–H groups in total. The van der Waals surface area contributed by atoms with E-state index in [-0.39, 0.29) is 11.6 Å². The maximum atomic E-state index is 13.3. The Balaban J connectivity index is 1.49. The molecule has 1 aliphatic rings. The van der Waals surface area contributed by atoms with Crippen LogP contribution in [-0.4, -0.2) is 20.7 Å². The molecule has 6 nitrogen and oxygen atoms in total. The van der Waals surface area contributed by atoms with E-state index >= 15 is 0 Å². The molecule has 1 aliphatic heterocycles. The second-order valence-corrected chi connectivity index (χ2v) is 8.28. The van der Waals surface area contributed by atoms with Gasteiger partial charge in [-0.1, -0.05) is 54.1 Å². The van der Waals surface area contributed by atoms with Gasteiger partial charge < -0.3 is 9.97 Å². The van der Waals surface area contributed by atoms with Gasteiger partial charge in [-0.2, -0.15) is 5.10 Å². The van der Waals surface area contributed by atoms with Gasteiger partial charge in [0.25, 0.3) is 5.56 Å². The first kappa shape index (κ1) is 18.8. The highest BCUT2D eigenvalue weighted by Gasteiger charge is 2.28. The first-order valence-corrected chi connectivity index (χ1v) is 10.7. The fraction of sp³-hybridized carbons (Fsp3) is 0.0800. The first-order valence-electron chi connectivity index (χ1n) is 10.4. The first-order chi connectivity index (χ1) is 15.7. The number of aromatic nitrogens is 3. The summed E-state index contributed by atoms with van der Waals surface area (Å²) in [6.45, 7) is 0. The van der Waals surface area contributed by atoms with Crippen LogP contribution in [-0.2, 0) is 0 Å². The molecule has 6 rings (SSSR count). The van der Waals surface area contributed by atoms with Gasteiger partial charge in [-0.05, 0) is 35.9 Å². The lowest BCUT2D eigenvalue weighted by molar-refractivity contribution is 0.591. The number of para-hydroxylation sites is 2. The highest BCUT2D eigenvalue weighted by molar-refractivity contribution is 6.31. The highest BCUT2D eigenvalue weighted by atomic mass is 35.5. The van der Waals surface area contributed by atoms with Crippen molar-refractivity contribution in [1.29, 1.82) is 0 Å². The Hall–Kier alpha value is -3.90. The minimum absolute atomic E-state index is 0.143. The number of fused-ring (bicyclic) bond motifs is 2. The van der Waals surface area contributed by atoms with Gasteiger partial charge in [0.1, 0.15) is 11.9 Å². The fourth-order valence-electron chi connectivity index (χ4n) is 4.34. The number of aromatic amines is 2. The molecule has 0 unspecified atom stereocenters. The molecule has 2 aromatic heterocycles. The van der Waals surface area contributed by atoms with Crippen molar-refractivity contribution in [2.45, 2.75) is 12.5 Å². The molecule has 0 radical (unpaired) electrons. The van der Waals surface area contributed by atoms with Crippen molar-refractivity contribution in [3.05, 3.63) is 99.6 Å². The summed E-state index contributed by atoms with van der Waals surface area (Å²) in [5, 5.41) is 6.06. The average Bonchev–Trinajstić information content (AvgIpc) is 3.46. The zero-order valence-electron chi connectivity index (χ0n) is 16.9. The number of benzene rings is 3. The van der Waals surface area contributed by atoms with Gasteiger partial charge in [0, 0.05) is 27.9 Å². The zero-order chi connectivity index (χ0) is 21.7. The van der Waals surface area contributed by atoms with Crippen LogP contribution in [0.25, 0.3) is 33.1 Å². The number of nitrogens with zero attached hydrogens (tertiary/aromatic N) is 2. The predicted octanol–water partition coefficient (Wildman–Crippen LogP) is 5.16. The van der Waals surface area contributed by atoms with Crippen LogP contribution < -0.4 is 11.0 Å². The van der Waals surface area contributed by atoms with Gasteiger partial charge in [-0.15, -0.1) is 0 Å². The third-order valence-electron chi connectivity index (χ3n) is 5.82. The van der Waals surface area contributed by atoms with Crippen molar-refractivity contribution < 1.29 is 0 Å². The lowest BCUT2D eigenvalue weighted by atomic mass is 9.92. The normalized spacial score (nSPS) is 15.8. The predicted molar refractivity (Wildman–Crippen MR) is 128 cm³/mol. The number of hydrogen-bond donors (Lipinski definition) is 3. The minimum Gasteiger partial charge on any atom is -0.340 e. The summed E-state index contributed by atoms with van der Waals surface area (Å²) in [5.74, 6) is 0.798. The third-order valence-corrected chi connectivity index (χ3v) is 6.05. The Morgan fingerprint density at radius 2 is 1.69 bits per heavy atom. The highest BCUT2D eigenvalue weighted by Crippen LogP contribution is 2.34. The maximum absolute atomic E-state index is 13.3. The number of H-pyrrole nitrogens is 2. The molecule has 5 aromatic rings. The number of rotatable bonds is 3. The molecule has 0 saturated carbocycles. The number of hydrazone groups is 1. The van der Waals surface area contributed by atoms with E-state index in [4.69, 9.17) is 16.6 Å². The molecule has 3 heterocycles. The fourth-order valence-corrected chi connectivity index (χ4v) is 4.51. The molecule has 0 amide bonds. The summed E-state index contributed by atoms with van der Waals surface area (Å²) in [7, 11) is 0. The Labute approximate surface area is 188 Å². The van der Waals surface area contributed by atoms with Crippen LogP contribution in [0.5, 0.6) is 0 Å². The number of halogens is 1. The summed E-state index contributed by atoms with van der Waals surface area (Å²) < 4.78 is 0. The molecule has 3 aromatic carbocycles. The molecule has 156 valence electrons. The maximum Gasteiger partial charge on any atom is 0.258 e. The smallest absolute Gasteiger partial charge is 0.258 e. The standard InChI is InChI=1S/C25H18ClN5O/c26-15-10-11-17-16(12-15)22(14-6-2-1-3-7-14)23(25(32)29-17)20-13-21(31-30-20)24-27-18-8-4-5-9-19(18)28-24/h1-12,21,31H,13H2,(H,27,28)(H,29,32)/t21-/m1/s1. The second-order valence-electron chi connectivity index (χ2n) is 7.84. The summed E-state index contributed by atoms with van der Waals surface area (Å²) in [6, 6.07) is 23.1. The molecule has 0 aliphatic carbocycles. The molecular weight excluding hydrogens is 422 g/mol. The van der Waals surface area contributed by atoms with Crippen LogP contribution in [0.2, 0.25) is 5.02 Å². The van der Waals surface area contributed by atoms with Crippen LogP contribution >= 0.6 is 11.6 Å². The number of pyridine rings is 1.